The Hall–Kier alpha value is -2.20. The topological polar surface area (TPSA) is 42.5 Å². The van der Waals surface area contributed by atoms with E-state index >= 15 is 0 Å². The lowest BCUT2D eigenvalue weighted by Crippen LogP contribution is -2.32. The summed E-state index contributed by atoms with van der Waals surface area (Å²) in [5, 5.41) is 7.02. The van der Waals surface area contributed by atoms with E-state index in [4.69, 9.17) is 9.47 Å². The standard InChI is InChI=1S/C18H22N2O2/c1-3-10-22-16-9-8-13(11-17(16)21-2)18-19-12-14-6-4-5-7-15(14)20-18/h4-9,11,18-20H,3,10,12H2,1-2H3. The highest BCUT2D eigenvalue weighted by Gasteiger charge is 2.19. The van der Waals surface area contributed by atoms with Crippen molar-refractivity contribution < 1.29 is 9.47 Å². The second-order valence-corrected chi connectivity index (χ2v) is 5.37. The molecule has 0 spiro atoms. The van der Waals surface area contributed by atoms with E-state index in [1.54, 1.807) is 7.11 Å². The largest absolute Gasteiger partial charge is 0.493 e. The first-order valence-corrected chi connectivity index (χ1v) is 7.70. The van der Waals surface area contributed by atoms with Crippen LogP contribution >= 0.6 is 0 Å². The predicted octanol–water partition coefficient (Wildman–Crippen LogP) is 3.70. The third-order valence-electron chi connectivity index (χ3n) is 3.80. The van der Waals surface area contributed by atoms with Crippen LogP contribution in [0.1, 0.15) is 30.6 Å². The minimum atomic E-state index is 0.0732. The molecule has 0 aliphatic carbocycles. The summed E-state index contributed by atoms with van der Waals surface area (Å²) in [6.45, 7) is 3.64. The molecule has 1 aliphatic heterocycles. The van der Waals surface area contributed by atoms with Gasteiger partial charge in [0.15, 0.2) is 11.5 Å². The molecule has 0 fully saturated rings. The van der Waals surface area contributed by atoms with E-state index in [-0.39, 0.29) is 6.17 Å². The fourth-order valence-corrected chi connectivity index (χ4v) is 2.63. The van der Waals surface area contributed by atoms with Gasteiger partial charge in [-0.15, -0.1) is 0 Å². The average molecular weight is 298 g/mol. The van der Waals surface area contributed by atoms with Gasteiger partial charge < -0.3 is 14.8 Å². The summed E-state index contributed by atoms with van der Waals surface area (Å²) >= 11 is 0. The molecule has 0 saturated heterocycles. The molecule has 22 heavy (non-hydrogen) atoms. The molecule has 1 atom stereocenters. The Labute approximate surface area is 131 Å². The second kappa shape index (κ2) is 6.71. The minimum absolute atomic E-state index is 0.0732. The number of anilines is 1. The fourth-order valence-electron chi connectivity index (χ4n) is 2.63. The molecule has 1 unspecified atom stereocenters. The van der Waals surface area contributed by atoms with Gasteiger partial charge >= 0.3 is 0 Å². The van der Waals surface area contributed by atoms with Gasteiger partial charge in [0.1, 0.15) is 6.17 Å². The van der Waals surface area contributed by atoms with Crippen molar-refractivity contribution in [1.82, 2.24) is 5.32 Å². The summed E-state index contributed by atoms with van der Waals surface area (Å²) < 4.78 is 11.2. The minimum Gasteiger partial charge on any atom is -0.493 e. The third-order valence-corrected chi connectivity index (χ3v) is 3.80. The Morgan fingerprint density at radius 2 is 2.00 bits per heavy atom. The van der Waals surface area contributed by atoms with Crippen LogP contribution in [0.2, 0.25) is 0 Å². The summed E-state index contributed by atoms with van der Waals surface area (Å²) in [7, 11) is 1.68. The van der Waals surface area contributed by atoms with Gasteiger partial charge in [-0.2, -0.15) is 0 Å². The number of fused-ring (bicyclic) bond motifs is 1. The van der Waals surface area contributed by atoms with Crippen LogP contribution < -0.4 is 20.1 Å². The number of methoxy groups -OCH3 is 1. The van der Waals surface area contributed by atoms with Crippen molar-refractivity contribution in [3.8, 4) is 11.5 Å². The molecular formula is C18H22N2O2. The van der Waals surface area contributed by atoms with E-state index in [2.05, 4.69) is 47.9 Å². The molecular weight excluding hydrogens is 276 g/mol. The van der Waals surface area contributed by atoms with Crippen LogP contribution in [-0.4, -0.2) is 13.7 Å². The fraction of sp³-hybridized carbons (Fsp3) is 0.333. The SMILES string of the molecule is CCCOc1ccc(C2NCc3ccccc3N2)cc1OC. The molecule has 2 aromatic rings. The second-order valence-electron chi connectivity index (χ2n) is 5.37. The van der Waals surface area contributed by atoms with Crippen LogP contribution in [0.15, 0.2) is 42.5 Å². The van der Waals surface area contributed by atoms with Crippen LogP contribution in [0.25, 0.3) is 0 Å². The smallest absolute Gasteiger partial charge is 0.161 e. The van der Waals surface area contributed by atoms with Gasteiger partial charge in [0.25, 0.3) is 0 Å². The number of nitrogens with one attached hydrogen (secondary N) is 2. The van der Waals surface area contributed by atoms with Crippen molar-refractivity contribution in [3.05, 3.63) is 53.6 Å². The molecule has 0 saturated carbocycles. The number of rotatable bonds is 5. The van der Waals surface area contributed by atoms with Crippen LogP contribution in [0.3, 0.4) is 0 Å². The normalized spacial score (nSPS) is 16.5. The molecule has 1 aliphatic rings. The molecule has 2 aromatic carbocycles. The van der Waals surface area contributed by atoms with E-state index in [1.807, 2.05) is 12.1 Å². The highest BCUT2D eigenvalue weighted by molar-refractivity contribution is 5.55. The van der Waals surface area contributed by atoms with Gasteiger partial charge in [0.05, 0.1) is 13.7 Å². The molecule has 0 radical (unpaired) electrons. The molecule has 0 aromatic heterocycles. The van der Waals surface area contributed by atoms with Gasteiger partial charge in [-0.05, 0) is 35.7 Å². The van der Waals surface area contributed by atoms with Crippen LogP contribution in [0.5, 0.6) is 11.5 Å². The van der Waals surface area contributed by atoms with Crippen molar-refractivity contribution in [2.75, 3.05) is 19.0 Å². The van der Waals surface area contributed by atoms with Gasteiger partial charge in [-0.25, -0.2) is 0 Å². The molecule has 4 heteroatoms. The van der Waals surface area contributed by atoms with Crippen molar-refractivity contribution in [2.45, 2.75) is 26.1 Å². The lowest BCUT2D eigenvalue weighted by molar-refractivity contribution is 0.294. The van der Waals surface area contributed by atoms with E-state index in [1.165, 1.54) is 11.3 Å². The van der Waals surface area contributed by atoms with E-state index in [0.717, 1.165) is 30.0 Å². The average Bonchev–Trinajstić information content (AvgIpc) is 2.59. The number of hydrogen-bond acceptors (Lipinski definition) is 4. The van der Waals surface area contributed by atoms with E-state index in [9.17, 15) is 0 Å². The molecule has 116 valence electrons. The van der Waals surface area contributed by atoms with Gasteiger partial charge in [0, 0.05) is 12.2 Å². The van der Waals surface area contributed by atoms with Gasteiger partial charge in [0.2, 0.25) is 0 Å². The lowest BCUT2D eigenvalue weighted by atomic mass is 10.1. The predicted molar refractivity (Wildman–Crippen MR) is 88.4 cm³/mol. The Morgan fingerprint density at radius 3 is 2.82 bits per heavy atom. The maximum absolute atomic E-state index is 5.71. The molecule has 2 N–H and O–H groups in total. The summed E-state index contributed by atoms with van der Waals surface area (Å²) in [5.74, 6) is 1.57. The quantitative estimate of drug-likeness (QED) is 0.883. The molecule has 3 rings (SSSR count). The maximum atomic E-state index is 5.71. The van der Waals surface area contributed by atoms with Crippen molar-refractivity contribution in [1.29, 1.82) is 0 Å². The van der Waals surface area contributed by atoms with Crippen molar-refractivity contribution >= 4 is 5.69 Å². The van der Waals surface area contributed by atoms with Crippen LogP contribution in [0, 0.1) is 0 Å². The van der Waals surface area contributed by atoms with Crippen molar-refractivity contribution in [2.24, 2.45) is 0 Å². The van der Waals surface area contributed by atoms with E-state index < -0.39 is 0 Å². The first kappa shape index (κ1) is 14.7. The maximum Gasteiger partial charge on any atom is 0.161 e. The summed E-state index contributed by atoms with van der Waals surface area (Å²) in [6.07, 6.45) is 1.05. The number of hydrogen-bond donors (Lipinski definition) is 2. The zero-order valence-electron chi connectivity index (χ0n) is 13.1. The monoisotopic (exact) mass is 298 g/mol. The Balaban J connectivity index is 1.81. The Bertz CT molecular complexity index is 643. The van der Waals surface area contributed by atoms with Gasteiger partial charge in [-0.1, -0.05) is 31.2 Å². The lowest BCUT2D eigenvalue weighted by Gasteiger charge is -2.29. The Morgan fingerprint density at radius 1 is 1.14 bits per heavy atom. The highest BCUT2D eigenvalue weighted by Crippen LogP contribution is 2.32. The zero-order chi connectivity index (χ0) is 15.4. The first-order chi connectivity index (χ1) is 10.8. The molecule has 0 bridgehead atoms. The van der Waals surface area contributed by atoms with Crippen molar-refractivity contribution in [3.63, 3.8) is 0 Å². The number of benzene rings is 2. The van der Waals surface area contributed by atoms with Crippen LogP contribution in [0.4, 0.5) is 5.69 Å². The number of ether oxygens (including phenoxy) is 2. The van der Waals surface area contributed by atoms with E-state index in [0.29, 0.717) is 6.61 Å². The molecule has 0 amide bonds. The highest BCUT2D eigenvalue weighted by atomic mass is 16.5. The van der Waals surface area contributed by atoms with Gasteiger partial charge in [-0.3, -0.25) is 5.32 Å². The molecule has 1 heterocycles. The molecule has 4 nitrogen and oxygen atoms in total. The number of para-hydroxylation sites is 1. The first-order valence-electron chi connectivity index (χ1n) is 7.70. The summed E-state index contributed by atoms with van der Waals surface area (Å²) in [6, 6.07) is 14.4. The summed E-state index contributed by atoms with van der Waals surface area (Å²) in [4.78, 5) is 0. The zero-order valence-corrected chi connectivity index (χ0v) is 13.1. The third kappa shape index (κ3) is 3.02. The van der Waals surface area contributed by atoms with Crippen LogP contribution in [-0.2, 0) is 6.54 Å². The summed E-state index contributed by atoms with van der Waals surface area (Å²) in [5.41, 5.74) is 3.60. The Kier molecular flexibility index (Phi) is 4.49.